The van der Waals surface area contributed by atoms with E-state index in [2.05, 4.69) is 17.0 Å². The number of hydrogen-bond donors (Lipinski definition) is 0. The molecule has 0 saturated carbocycles. The van der Waals surface area contributed by atoms with Gasteiger partial charge in [-0.05, 0) is 42.7 Å². The SMILES string of the molecule is COc1ccc(OCCCN2CCN(CCc3ccccc3)C(=O)C2)cc1. The summed E-state index contributed by atoms with van der Waals surface area (Å²) < 4.78 is 10.9. The molecule has 0 N–H and O–H groups in total. The molecule has 2 aromatic carbocycles. The van der Waals surface area contributed by atoms with Crippen molar-refractivity contribution < 1.29 is 14.3 Å². The number of nitrogens with zero attached hydrogens (tertiary/aromatic N) is 2. The number of rotatable bonds is 9. The highest BCUT2D eigenvalue weighted by Crippen LogP contribution is 2.17. The van der Waals surface area contributed by atoms with Crippen molar-refractivity contribution in [3.8, 4) is 11.5 Å². The molecule has 0 spiro atoms. The summed E-state index contributed by atoms with van der Waals surface area (Å²) in [6, 6.07) is 17.9. The van der Waals surface area contributed by atoms with Crippen molar-refractivity contribution in [2.75, 3.05) is 46.4 Å². The lowest BCUT2D eigenvalue weighted by molar-refractivity contribution is -0.136. The second-order valence-electron chi connectivity index (χ2n) is 6.77. The zero-order valence-electron chi connectivity index (χ0n) is 16.0. The molecule has 27 heavy (non-hydrogen) atoms. The van der Waals surface area contributed by atoms with E-state index in [0.29, 0.717) is 13.2 Å². The fourth-order valence-electron chi connectivity index (χ4n) is 3.24. The molecule has 1 fully saturated rings. The Bertz CT molecular complexity index is 703. The van der Waals surface area contributed by atoms with Crippen LogP contribution in [0.5, 0.6) is 11.5 Å². The van der Waals surface area contributed by atoms with Gasteiger partial charge < -0.3 is 14.4 Å². The molecular weight excluding hydrogens is 340 g/mol. The van der Waals surface area contributed by atoms with Gasteiger partial charge in [-0.15, -0.1) is 0 Å². The summed E-state index contributed by atoms with van der Waals surface area (Å²) in [4.78, 5) is 16.6. The topological polar surface area (TPSA) is 42.0 Å². The molecule has 2 aromatic rings. The lowest BCUT2D eigenvalue weighted by Crippen LogP contribution is -2.51. The summed E-state index contributed by atoms with van der Waals surface area (Å²) in [5, 5.41) is 0. The number of amides is 1. The highest BCUT2D eigenvalue weighted by molar-refractivity contribution is 5.79. The Morgan fingerprint density at radius 3 is 2.37 bits per heavy atom. The third-order valence-corrected chi connectivity index (χ3v) is 4.86. The molecule has 144 valence electrons. The van der Waals surface area contributed by atoms with Gasteiger partial charge in [0.25, 0.3) is 0 Å². The van der Waals surface area contributed by atoms with E-state index >= 15 is 0 Å². The van der Waals surface area contributed by atoms with Crippen molar-refractivity contribution in [3.05, 3.63) is 60.2 Å². The highest BCUT2D eigenvalue weighted by atomic mass is 16.5. The van der Waals surface area contributed by atoms with Gasteiger partial charge in [0.2, 0.25) is 5.91 Å². The minimum absolute atomic E-state index is 0.230. The predicted octanol–water partition coefficient (Wildman–Crippen LogP) is 2.85. The van der Waals surface area contributed by atoms with Gasteiger partial charge in [-0.3, -0.25) is 9.69 Å². The molecule has 1 heterocycles. The fraction of sp³-hybridized carbons (Fsp3) is 0.409. The first kappa shape index (κ1) is 19.2. The normalized spacial score (nSPS) is 15.0. The average molecular weight is 368 g/mol. The van der Waals surface area contributed by atoms with Crippen molar-refractivity contribution in [3.63, 3.8) is 0 Å². The third kappa shape index (κ3) is 6.00. The maximum Gasteiger partial charge on any atom is 0.236 e. The highest BCUT2D eigenvalue weighted by Gasteiger charge is 2.23. The first-order valence-electron chi connectivity index (χ1n) is 9.55. The Labute approximate surface area is 161 Å². The van der Waals surface area contributed by atoms with Gasteiger partial charge in [-0.25, -0.2) is 0 Å². The molecule has 0 aromatic heterocycles. The van der Waals surface area contributed by atoms with Crippen LogP contribution in [0.25, 0.3) is 0 Å². The van der Waals surface area contributed by atoms with E-state index in [1.54, 1.807) is 7.11 Å². The second-order valence-corrected chi connectivity index (χ2v) is 6.77. The van der Waals surface area contributed by atoms with Crippen molar-refractivity contribution in [1.29, 1.82) is 0 Å². The summed E-state index contributed by atoms with van der Waals surface area (Å²) in [7, 11) is 1.65. The van der Waals surface area contributed by atoms with Crippen LogP contribution in [0.15, 0.2) is 54.6 Å². The Kier molecular flexibility index (Phi) is 7.11. The first-order chi connectivity index (χ1) is 13.2. The predicted molar refractivity (Wildman–Crippen MR) is 106 cm³/mol. The van der Waals surface area contributed by atoms with E-state index in [9.17, 15) is 4.79 Å². The number of ether oxygens (including phenoxy) is 2. The molecule has 0 unspecified atom stereocenters. The second kappa shape index (κ2) is 9.97. The van der Waals surface area contributed by atoms with E-state index in [0.717, 1.165) is 50.5 Å². The zero-order valence-corrected chi connectivity index (χ0v) is 16.0. The molecule has 0 aliphatic carbocycles. The maximum absolute atomic E-state index is 12.4. The van der Waals surface area contributed by atoms with Crippen LogP contribution < -0.4 is 9.47 Å². The standard InChI is InChI=1S/C22H28N2O3/c1-26-20-8-10-21(11-9-20)27-17-5-13-23-15-16-24(22(25)18-23)14-12-19-6-3-2-4-7-19/h2-4,6-11H,5,12-18H2,1H3. The Morgan fingerprint density at radius 2 is 1.67 bits per heavy atom. The van der Waals surface area contributed by atoms with E-state index in [-0.39, 0.29) is 5.91 Å². The molecule has 0 atom stereocenters. The summed E-state index contributed by atoms with van der Waals surface area (Å²) in [6.45, 7) is 4.59. The number of carbonyl (C=O) groups is 1. The van der Waals surface area contributed by atoms with Crippen LogP contribution in [0.3, 0.4) is 0 Å². The number of piperazine rings is 1. The number of hydrogen-bond acceptors (Lipinski definition) is 4. The third-order valence-electron chi connectivity index (χ3n) is 4.86. The van der Waals surface area contributed by atoms with Crippen LogP contribution in [-0.2, 0) is 11.2 Å². The van der Waals surface area contributed by atoms with Crippen LogP contribution >= 0.6 is 0 Å². The summed E-state index contributed by atoms with van der Waals surface area (Å²) in [6.07, 6.45) is 1.83. The van der Waals surface area contributed by atoms with E-state index in [1.165, 1.54) is 5.56 Å². The first-order valence-corrected chi connectivity index (χ1v) is 9.55. The summed E-state index contributed by atoms with van der Waals surface area (Å²) in [5.74, 6) is 1.90. The lowest BCUT2D eigenvalue weighted by Gasteiger charge is -2.34. The zero-order chi connectivity index (χ0) is 18.9. The van der Waals surface area contributed by atoms with Gasteiger partial charge >= 0.3 is 0 Å². The molecule has 3 rings (SSSR count). The van der Waals surface area contributed by atoms with Gasteiger partial charge in [-0.1, -0.05) is 30.3 Å². The molecule has 0 radical (unpaired) electrons. The van der Waals surface area contributed by atoms with Crippen LogP contribution in [-0.4, -0.2) is 62.1 Å². The van der Waals surface area contributed by atoms with Gasteiger partial charge in [0.05, 0.1) is 20.3 Å². The molecule has 1 amide bonds. The van der Waals surface area contributed by atoms with E-state index in [4.69, 9.17) is 9.47 Å². The molecule has 0 bridgehead atoms. The molecule has 1 aliphatic rings. The van der Waals surface area contributed by atoms with Crippen LogP contribution in [0.2, 0.25) is 0 Å². The fourth-order valence-corrected chi connectivity index (χ4v) is 3.24. The Balaban J connectivity index is 1.32. The minimum atomic E-state index is 0.230. The number of benzene rings is 2. The van der Waals surface area contributed by atoms with Crippen molar-refractivity contribution in [2.45, 2.75) is 12.8 Å². The van der Waals surface area contributed by atoms with Crippen molar-refractivity contribution in [1.82, 2.24) is 9.80 Å². The Hall–Kier alpha value is -2.53. The van der Waals surface area contributed by atoms with Crippen LogP contribution in [0, 0.1) is 0 Å². The summed E-state index contributed by atoms with van der Waals surface area (Å²) in [5.41, 5.74) is 1.28. The molecule has 5 nitrogen and oxygen atoms in total. The van der Waals surface area contributed by atoms with Crippen molar-refractivity contribution in [2.24, 2.45) is 0 Å². The van der Waals surface area contributed by atoms with Gasteiger partial charge in [0.15, 0.2) is 0 Å². The van der Waals surface area contributed by atoms with Gasteiger partial charge in [-0.2, -0.15) is 0 Å². The lowest BCUT2D eigenvalue weighted by atomic mass is 10.1. The maximum atomic E-state index is 12.4. The molecule has 5 heteroatoms. The van der Waals surface area contributed by atoms with Gasteiger partial charge in [0, 0.05) is 26.2 Å². The average Bonchev–Trinajstić information content (AvgIpc) is 2.72. The van der Waals surface area contributed by atoms with E-state index in [1.807, 2.05) is 47.4 Å². The molecular formula is C22H28N2O3. The largest absolute Gasteiger partial charge is 0.497 e. The number of carbonyl (C=O) groups excluding carboxylic acids is 1. The minimum Gasteiger partial charge on any atom is -0.497 e. The summed E-state index contributed by atoms with van der Waals surface area (Å²) >= 11 is 0. The monoisotopic (exact) mass is 368 g/mol. The number of methoxy groups -OCH3 is 1. The Morgan fingerprint density at radius 1 is 0.926 bits per heavy atom. The molecule has 1 saturated heterocycles. The van der Waals surface area contributed by atoms with Crippen LogP contribution in [0.1, 0.15) is 12.0 Å². The van der Waals surface area contributed by atoms with E-state index < -0.39 is 0 Å². The van der Waals surface area contributed by atoms with Crippen LogP contribution in [0.4, 0.5) is 0 Å². The van der Waals surface area contributed by atoms with Crippen molar-refractivity contribution >= 4 is 5.91 Å². The smallest absolute Gasteiger partial charge is 0.236 e. The quantitative estimate of drug-likeness (QED) is 0.639. The van der Waals surface area contributed by atoms with Gasteiger partial charge in [0.1, 0.15) is 11.5 Å². The molecule has 1 aliphatic heterocycles.